The topological polar surface area (TPSA) is 71.3 Å². The summed E-state index contributed by atoms with van der Waals surface area (Å²) in [6, 6.07) is 2.81. The molecule has 1 N–H and O–H groups in total. The Kier molecular flexibility index (Phi) is 5.76. The van der Waals surface area contributed by atoms with Crippen LogP contribution in [0.15, 0.2) is 12.1 Å². The number of nitrogens with zero attached hydrogens (tertiary/aromatic N) is 3. The molecule has 0 radical (unpaired) electrons. The van der Waals surface area contributed by atoms with Crippen molar-refractivity contribution in [2.45, 2.75) is 26.2 Å². The molecule has 0 bridgehead atoms. The highest BCUT2D eigenvalue weighted by molar-refractivity contribution is 6.29. The Hall–Kier alpha value is -1.40. The molecular weight excluding hydrogens is 292 g/mol. The first-order chi connectivity index (χ1) is 10.1. The molecule has 116 valence electrons. The maximum atomic E-state index is 11.0. The Balaban J connectivity index is 1.89. The second-order valence-electron chi connectivity index (χ2n) is 5.61. The van der Waals surface area contributed by atoms with Gasteiger partial charge in [-0.05, 0) is 37.9 Å². The molecular formula is C14H21ClN4O2. The molecule has 0 spiro atoms. The van der Waals surface area contributed by atoms with Gasteiger partial charge in [0.1, 0.15) is 5.15 Å². The number of hydrogen-bond acceptors (Lipinski definition) is 5. The van der Waals surface area contributed by atoms with Crippen LogP contribution in [0.5, 0.6) is 0 Å². The molecule has 6 nitrogen and oxygen atoms in total. The van der Waals surface area contributed by atoms with E-state index >= 15 is 0 Å². The molecule has 1 unspecified atom stereocenters. The summed E-state index contributed by atoms with van der Waals surface area (Å²) in [5, 5.41) is 14.3. The SMILES string of the molecule is CC(CNc1nc(Cl)ccc1[N+](=O)[O-])CN1CCCCC1. The van der Waals surface area contributed by atoms with E-state index in [2.05, 4.69) is 22.1 Å². The van der Waals surface area contributed by atoms with Crippen molar-refractivity contribution in [3.05, 3.63) is 27.4 Å². The van der Waals surface area contributed by atoms with Crippen LogP contribution in [0.4, 0.5) is 11.5 Å². The minimum absolute atomic E-state index is 0.0374. The van der Waals surface area contributed by atoms with Crippen molar-refractivity contribution in [1.82, 2.24) is 9.88 Å². The Labute approximate surface area is 129 Å². The van der Waals surface area contributed by atoms with Crippen molar-refractivity contribution in [3.8, 4) is 0 Å². The van der Waals surface area contributed by atoms with E-state index in [1.54, 1.807) is 0 Å². The van der Waals surface area contributed by atoms with Gasteiger partial charge in [0.05, 0.1) is 4.92 Å². The summed E-state index contributed by atoms with van der Waals surface area (Å²) in [6.07, 6.45) is 3.85. The van der Waals surface area contributed by atoms with Crippen LogP contribution in [-0.2, 0) is 0 Å². The number of hydrogen-bond donors (Lipinski definition) is 1. The van der Waals surface area contributed by atoms with Crippen LogP contribution in [0.1, 0.15) is 26.2 Å². The van der Waals surface area contributed by atoms with E-state index in [1.165, 1.54) is 31.4 Å². The number of piperidine rings is 1. The van der Waals surface area contributed by atoms with E-state index in [-0.39, 0.29) is 16.7 Å². The molecule has 0 aromatic carbocycles. The number of rotatable bonds is 6. The minimum Gasteiger partial charge on any atom is -0.364 e. The van der Waals surface area contributed by atoms with Crippen LogP contribution in [0.25, 0.3) is 0 Å². The average Bonchev–Trinajstić information content (AvgIpc) is 2.46. The molecule has 2 heterocycles. The minimum atomic E-state index is -0.443. The van der Waals surface area contributed by atoms with E-state index in [1.807, 2.05) is 0 Å². The number of pyridine rings is 1. The standard InChI is InChI=1S/C14H21ClN4O2/c1-11(10-18-7-3-2-4-8-18)9-16-14-12(19(20)21)5-6-13(15)17-14/h5-6,11H,2-4,7-10H2,1H3,(H,16,17). The van der Waals surface area contributed by atoms with Crippen LogP contribution in [0, 0.1) is 16.0 Å². The van der Waals surface area contributed by atoms with Gasteiger partial charge in [0, 0.05) is 19.2 Å². The van der Waals surface area contributed by atoms with Crippen molar-refractivity contribution in [3.63, 3.8) is 0 Å². The van der Waals surface area contributed by atoms with Gasteiger partial charge >= 0.3 is 5.69 Å². The molecule has 0 amide bonds. The number of likely N-dealkylation sites (tertiary alicyclic amines) is 1. The highest BCUT2D eigenvalue weighted by Crippen LogP contribution is 2.24. The van der Waals surface area contributed by atoms with E-state index in [9.17, 15) is 10.1 Å². The van der Waals surface area contributed by atoms with Crippen LogP contribution in [0.2, 0.25) is 5.15 Å². The largest absolute Gasteiger partial charge is 0.364 e. The first-order valence-corrected chi connectivity index (χ1v) is 7.71. The van der Waals surface area contributed by atoms with Gasteiger partial charge in [-0.15, -0.1) is 0 Å². The van der Waals surface area contributed by atoms with Gasteiger partial charge in [-0.3, -0.25) is 10.1 Å². The molecule has 0 saturated carbocycles. The fourth-order valence-electron chi connectivity index (χ4n) is 2.62. The number of halogens is 1. The number of nitrogens with one attached hydrogen (secondary N) is 1. The third kappa shape index (κ3) is 4.82. The van der Waals surface area contributed by atoms with Crippen LogP contribution in [0.3, 0.4) is 0 Å². The smallest absolute Gasteiger partial charge is 0.311 e. The lowest BCUT2D eigenvalue weighted by molar-refractivity contribution is -0.384. The Morgan fingerprint density at radius 3 is 2.81 bits per heavy atom. The first kappa shape index (κ1) is 16.0. The predicted molar refractivity (Wildman–Crippen MR) is 83.8 cm³/mol. The zero-order valence-corrected chi connectivity index (χ0v) is 13.0. The van der Waals surface area contributed by atoms with Crippen LogP contribution >= 0.6 is 11.6 Å². The Bertz CT molecular complexity index is 492. The lowest BCUT2D eigenvalue weighted by atomic mass is 10.1. The summed E-state index contributed by atoms with van der Waals surface area (Å²) in [7, 11) is 0. The summed E-state index contributed by atoms with van der Waals surface area (Å²) >= 11 is 5.81. The van der Waals surface area contributed by atoms with Crippen LogP contribution in [-0.4, -0.2) is 41.0 Å². The average molecular weight is 313 g/mol. The molecule has 1 aliphatic heterocycles. The molecule has 2 rings (SSSR count). The maximum Gasteiger partial charge on any atom is 0.311 e. The fraction of sp³-hybridized carbons (Fsp3) is 0.643. The molecule has 1 aromatic heterocycles. The van der Waals surface area contributed by atoms with E-state index in [0.717, 1.165) is 19.6 Å². The molecule has 1 atom stereocenters. The number of nitro groups is 1. The van der Waals surface area contributed by atoms with Crippen LogP contribution < -0.4 is 5.32 Å². The van der Waals surface area contributed by atoms with Gasteiger partial charge in [0.15, 0.2) is 0 Å². The van der Waals surface area contributed by atoms with Gasteiger partial charge in [-0.1, -0.05) is 24.9 Å². The zero-order valence-electron chi connectivity index (χ0n) is 12.2. The predicted octanol–water partition coefficient (Wildman–Crippen LogP) is 3.18. The lowest BCUT2D eigenvalue weighted by Gasteiger charge is -2.29. The van der Waals surface area contributed by atoms with Crippen molar-refractivity contribution in [1.29, 1.82) is 0 Å². The van der Waals surface area contributed by atoms with Crippen molar-refractivity contribution >= 4 is 23.1 Å². The lowest BCUT2D eigenvalue weighted by Crippen LogP contribution is -2.35. The van der Waals surface area contributed by atoms with E-state index in [0.29, 0.717) is 12.5 Å². The monoisotopic (exact) mass is 312 g/mol. The van der Waals surface area contributed by atoms with Gasteiger partial charge in [0.2, 0.25) is 5.82 Å². The summed E-state index contributed by atoms with van der Waals surface area (Å²) in [4.78, 5) is 17.0. The second-order valence-corrected chi connectivity index (χ2v) is 5.99. The van der Waals surface area contributed by atoms with Crippen molar-refractivity contribution < 1.29 is 4.92 Å². The van der Waals surface area contributed by atoms with Gasteiger partial charge in [0.25, 0.3) is 0 Å². The molecule has 0 aliphatic carbocycles. The highest BCUT2D eigenvalue weighted by atomic mass is 35.5. The third-order valence-electron chi connectivity index (χ3n) is 3.67. The first-order valence-electron chi connectivity index (χ1n) is 7.33. The van der Waals surface area contributed by atoms with Crippen molar-refractivity contribution in [2.24, 2.45) is 5.92 Å². The normalized spacial score (nSPS) is 17.4. The molecule has 1 saturated heterocycles. The third-order valence-corrected chi connectivity index (χ3v) is 3.88. The summed E-state index contributed by atoms with van der Waals surface area (Å²) in [5.41, 5.74) is -0.0374. The van der Waals surface area contributed by atoms with E-state index in [4.69, 9.17) is 11.6 Å². The Morgan fingerprint density at radius 1 is 1.43 bits per heavy atom. The van der Waals surface area contributed by atoms with Crippen molar-refractivity contribution in [2.75, 3.05) is 31.5 Å². The summed E-state index contributed by atoms with van der Waals surface area (Å²) < 4.78 is 0. The second kappa shape index (κ2) is 7.56. The number of anilines is 1. The molecule has 21 heavy (non-hydrogen) atoms. The number of aromatic nitrogens is 1. The van der Waals surface area contributed by atoms with Gasteiger partial charge < -0.3 is 10.2 Å². The summed E-state index contributed by atoms with van der Waals surface area (Å²) in [6.45, 7) is 6.09. The van der Waals surface area contributed by atoms with E-state index < -0.39 is 4.92 Å². The molecule has 1 fully saturated rings. The molecule has 1 aliphatic rings. The fourth-order valence-corrected chi connectivity index (χ4v) is 2.77. The Morgan fingerprint density at radius 2 is 2.14 bits per heavy atom. The highest BCUT2D eigenvalue weighted by Gasteiger charge is 2.17. The zero-order chi connectivity index (χ0) is 15.2. The summed E-state index contributed by atoms with van der Waals surface area (Å²) in [5.74, 6) is 0.640. The molecule has 7 heteroatoms. The molecule has 1 aromatic rings. The maximum absolute atomic E-state index is 11.0. The van der Waals surface area contributed by atoms with Gasteiger partial charge in [-0.25, -0.2) is 4.98 Å². The quantitative estimate of drug-likeness (QED) is 0.496. The van der Waals surface area contributed by atoms with Gasteiger partial charge in [-0.2, -0.15) is 0 Å².